The van der Waals surface area contributed by atoms with Crippen LogP contribution in [0.25, 0.3) is 0 Å². The van der Waals surface area contributed by atoms with Crippen molar-refractivity contribution in [2.75, 3.05) is 26.4 Å². The van der Waals surface area contributed by atoms with Gasteiger partial charge in [0.05, 0.1) is 13.2 Å². The van der Waals surface area contributed by atoms with E-state index < -0.39 is 60.9 Å². The highest BCUT2D eigenvalue weighted by Gasteiger charge is 2.32. The molecule has 12 heteroatoms. The Hall–Kier alpha value is -2.80. The van der Waals surface area contributed by atoms with Gasteiger partial charge >= 0.3 is 23.9 Å². The summed E-state index contributed by atoms with van der Waals surface area (Å²) in [5.41, 5.74) is 0. The monoisotopic (exact) mass is 626 g/mol. The van der Waals surface area contributed by atoms with Crippen LogP contribution >= 0.6 is 0 Å². The zero-order valence-electron chi connectivity index (χ0n) is 26.6. The summed E-state index contributed by atoms with van der Waals surface area (Å²) in [5.74, 6) is -1.72. The smallest absolute Gasteiger partial charge is 0.303 e. The van der Waals surface area contributed by atoms with E-state index in [9.17, 15) is 19.2 Å². The molecule has 0 spiro atoms. The number of hydrogen-bond acceptors (Lipinski definition) is 12. The Morgan fingerprint density at radius 1 is 0.500 bits per heavy atom. The van der Waals surface area contributed by atoms with Crippen LogP contribution in [0, 0.1) is 0 Å². The second-order valence-corrected chi connectivity index (χ2v) is 10.9. The first-order valence-corrected chi connectivity index (χ1v) is 15.7. The Labute approximate surface area is 260 Å². The zero-order valence-corrected chi connectivity index (χ0v) is 26.6. The van der Waals surface area contributed by atoms with Gasteiger partial charge in [0.2, 0.25) is 0 Å². The molecule has 0 aromatic carbocycles. The molecule has 2 heterocycles. The molecule has 0 aromatic rings. The van der Waals surface area contributed by atoms with E-state index in [-0.39, 0.29) is 13.2 Å². The van der Waals surface area contributed by atoms with Gasteiger partial charge in [-0.2, -0.15) is 0 Å². The number of hydrogen-bond donors (Lipinski definition) is 0. The minimum Gasteiger partial charge on any atom is -0.463 e. The molecular weight excluding hydrogens is 576 g/mol. The molecule has 0 radical (unpaired) electrons. The molecule has 44 heavy (non-hydrogen) atoms. The molecule has 2 aliphatic rings. The van der Waals surface area contributed by atoms with Gasteiger partial charge in [0.1, 0.15) is 37.6 Å². The van der Waals surface area contributed by atoms with Gasteiger partial charge in [-0.1, -0.05) is 51.4 Å². The molecule has 250 valence electrons. The minimum atomic E-state index is -0.618. The second-order valence-electron chi connectivity index (χ2n) is 10.9. The van der Waals surface area contributed by atoms with Crippen molar-refractivity contribution in [1.82, 2.24) is 0 Å². The predicted molar refractivity (Wildman–Crippen MR) is 158 cm³/mol. The summed E-state index contributed by atoms with van der Waals surface area (Å²) in [6.45, 7) is 6.35. The largest absolute Gasteiger partial charge is 0.463 e. The van der Waals surface area contributed by atoms with Crippen molar-refractivity contribution in [3.05, 3.63) is 24.3 Å². The number of ether oxygens (including phenoxy) is 8. The van der Waals surface area contributed by atoms with Gasteiger partial charge in [-0.25, -0.2) is 0 Å². The van der Waals surface area contributed by atoms with Gasteiger partial charge in [-0.15, -0.1) is 0 Å². The summed E-state index contributed by atoms with van der Waals surface area (Å²) >= 11 is 0. The maximum absolute atomic E-state index is 11.3. The van der Waals surface area contributed by atoms with Crippen molar-refractivity contribution in [3.8, 4) is 0 Å². The van der Waals surface area contributed by atoms with Crippen molar-refractivity contribution < 1.29 is 57.1 Å². The van der Waals surface area contributed by atoms with E-state index >= 15 is 0 Å². The van der Waals surface area contributed by atoms with Crippen LogP contribution in [0.1, 0.15) is 91.9 Å². The Kier molecular flexibility index (Phi) is 18.5. The first-order chi connectivity index (χ1) is 21.1. The molecule has 0 aliphatic carbocycles. The summed E-state index contributed by atoms with van der Waals surface area (Å²) in [6, 6.07) is 0. The van der Waals surface area contributed by atoms with Crippen LogP contribution in [0.4, 0.5) is 0 Å². The fourth-order valence-corrected chi connectivity index (χ4v) is 4.73. The molecule has 0 bridgehead atoms. The van der Waals surface area contributed by atoms with Crippen molar-refractivity contribution in [2.45, 2.75) is 129 Å². The van der Waals surface area contributed by atoms with Gasteiger partial charge in [0.25, 0.3) is 0 Å². The third-order valence-corrected chi connectivity index (χ3v) is 6.88. The van der Waals surface area contributed by atoms with Crippen molar-refractivity contribution >= 4 is 23.9 Å². The molecule has 12 nitrogen and oxygen atoms in total. The van der Waals surface area contributed by atoms with Crippen LogP contribution in [0.2, 0.25) is 0 Å². The van der Waals surface area contributed by atoms with E-state index in [0.717, 1.165) is 38.5 Å². The lowest BCUT2D eigenvalue weighted by Gasteiger charge is -2.31. The average Bonchev–Trinajstić information content (AvgIpc) is 2.96. The minimum absolute atomic E-state index is 0.0144. The van der Waals surface area contributed by atoms with E-state index in [2.05, 4.69) is 0 Å². The van der Waals surface area contributed by atoms with Crippen LogP contribution in [-0.4, -0.2) is 87.3 Å². The van der Waals surface area contributed by atoms with E-state index in [1.165, 1.54) is 53.4 Å². The standard InChI is InChI=1S/C32H50O12/c1-23(33)39-21-29-27(41-25(3)35)15-17-31(43-29)37-19-13-11-9-7-5-6-8-10-12-14-20-38-32-18-16-28(42-26(4)36)30(44-32)22-40-24(2)34/h15-18,27-32H,5-14,19-22H2,1-4H3/t27-,28-,29-,30-,31+,32+/m1/s1. The maximum atomic E-state index is 11.3. The van der Waals surface area contributed by atoms with Crippen molar-refractivity contribution in [1.29, 1.82) is 0 Å². The van der Waals surface area contributed by atoms with Crippen LogP contribution in [0.3, 0.4) is 0 Å². The number of esters is 4. The maximum Gasteiger partial charge on any atom is 0.303 e. The first-order valence-electron chi connectivity index (χ1n) is 15.7. The summed E-state index contributed by atoms with van der Waals surface area (Å²) in [7, 11) is 0. The molecule has 0 saturated carbocycles. The van der Waals surface area contributed by atoms with Gasteiger partial charge < -0.3 is 37.9 Å². The van der Waals surface area contributed by atoms with Crippen molar-refractivity contribution in [3.63, 3.8) is 0 Å². The van der Waals surface area contributed by atoms with Gasteiger partial charge in [0.15, 0.2) is 12.6 Å². The summed E-state index contributed by atoms with van der Waals surface area (Å²) < 4.78 is 43.7. The first kappa shape index (κ1) is 37.4. The van der Waals surface area contributed by atoms with Crippen molar-refractivity contribution in [2.24, 2.45) is 0 Å². The number of rotatable bonds is 21. The molecule has 0 saturated heterocycles. The Morgan fingerprint density at radius 2 is 0.841 bits per heavy atom. The third kappa shape index (κ3) is 16.9. The molecule has 0 aromatic heterocycles. The lowest BCUT2D eigenvalue weighted by Crippen LogP contribution is -2.42. The van der Waals surface area contributed by atoms with Crippen LogP contribution < -0.4 is 0 Å². The molecule has 0 N–H and O–H groups in total. The predicted octanol–water partition coefficient (Wildman–Crippen LogP) is 4.47. The molecule has 2 rings (SSSR count). The Morgan fingerprint density at radius 3 is 1.16 bits per heavy atom. The fraction of sp³-hybridized carbons (Fsp3) is 0.750. The molecule has 2 aliphatic heterocycles. The third-order valence-electron chi connectivity index (χ3n) is 6.88. The quantitative estimate of drug-likeness (QED) is 0.0768. The van der Waals surface area contributed by atoms with E-state index in [1.54, 1.807) is 24.3 Å². The lowest BCUT2D eigenvalue weighted by atomic mass is 10.1. The Balaban J connectivity index is 1.46. The zero-order chi connectivity index (χ0) is 32.2. The Bertz CT molecular complexity index is 858. The summed E-state index contributed by atoms with van der Waals surface area (Å²) in [6.07, 6.45) is 14.3. The second kappa shape index (κ2) is 21.8. The lowest BCUT2D eigenvalue weighted by molar-refractivity contribution is -0.197. The van der Waals surface area contributed by atoms with E-state index in [0.29, 0.717) is 13.2 Å². The number of carbonyl (C=O) groups excluding carboxylic acids is 4. The molecular formula is C32H50O12. The topological polar surface area (TPSA) is 142 Å². The summed E-state index contributed by atoms with van der Waals surface area (Å²) in [5, 5.41) is 0. The average molecular weight is 627 g/mol. The van der Waals surface area contributed by atoms with Crippen LogP contribution in [0.5, 0.6) is 0 Å². The molecule has 6 atom stereocenters. The van der Waals surface area contributed by atoms with E-state index in [1.807, 2.05) is 0 Å². The SMILES string of the molecule is CC(=O)OC[C@H]1O[C@H](OCCCCCCCCCCCCO[C@@H]2C=C[C@@H](OC(C)=O)[C@@H](COC(C)=O)O2)C=C[C@H]1OC(C)=O. The fourth-order valence-electron chi connectivity index (χ4n) is 4.73. The highest BCUT2D eigenvalue weighted by molar-refractivity contribution is 5.67. The molecule has 0 unspecified atom stereocenters. The van der Waals surface area contributed by atoms with Gasteiger partial charge in [-0.05, 0) is 37.1 Å². The van der Waals surface area contributed by atoms with Crippen LogP contribution in [-0.2, 0) is 57.1 Å². The van der Waals surface area contributed by atoms with Gasteiger partial charge in [0, 0.05) is 27.7 Å². The number of carbonyl (C=O) groups is 4. The summed E-state index contributed by atoms with van der Waals surface area (Å²) in [4.78, 5) is 45.0. The highest BCUT2D eigenvalue weighted by Crippen LogP contribution is 2.20. The normalized spacial score (nSPS) is 24.5. The molecule has 0 amide bonds. The molecule has 0 fully saturated rings. The van der Waals surface area contributed by atoms with Gasteiger partial charge in [-0.3, -0.25) is 19.2 Å². The van der Waals surface area contributed by atoms with E-state index in [4.69, 9.17) is 37.9 Å². The highest BCUT2D eigenvalue weighted by atomic mass is 16.7. The number of unbranched alkanes of at least 4 members (excludes halogenated alkanes) is 9. The van der Waals surface area contributed by atoms with Crippen LogP contribution in [0.15, 0.2) is 24.3 Å².